The summed E-state index contributed by atoms with van der Waals surface area (Å²) in [6, 6.07) is 7.53. The second kappa shape index (κ2) is 6.27. The van der Waals surface area contributed by atoms with Gasteiger partial charge in [0, 0.05) is 10.6 Å². The van der Waals surface area contributed by atoms with Crippen molar-refractivity contribution in [1.29, 1.82) is 0 Å². The average Bonchev–Trinajstić information content (AvgIpc) is 3.29. The van der Waals surface area contributed by atoms with Crippen LogP contribution in [-0.4, -0.2) is 19.5 Å². The number of aromatic nitrogens is 4. The summed E-state index contributed by atoms with van der Waals surface area (Å²) in [4.78, 5) is 12.9. The third-order valence-electron chi connectivity index (χ3n) is 3.96. The number of rotatable bonds is 4. The Hall–Kier alpha value is -2.77. The fraction of sp³-hybridized carbons (Fsp3) is 0.118. The first-order chi connectivity index (χ1) is 12.1. The van der Waals surface area contributed by atoms with Crippen molar-refractivity contribution in [2.75, 3.05) is 0 Å². The Morgan fingerprint density at radius 1 is 1.20 bits per heavy atom. The second-order valence-electron chi connectivity index (χ2n) is 5.50. The van der Waals surface area contributed by atoms with Gasteiger partial charge >= 0.3 is 0 Å². The van der Waals surface area contributed by atoms with Crippen molar-refractivity contribution >= 4 is 11.6 Å². The number of nitrogens with zero attached hydrogens (tertiary/aromatic N) is 4. The molecular formula is C17H13ClFN5O. The lowest BCUT2D eigenvalue weighted by molar-refractivity contribution is 0.485. The molecule has 1 unspecified atom stereocenters. The van der Waals surface area contributed by atoms with E-state index >= 15 is 0 Å². The molecule has 2 aliphatic rings. The lowest BCUT2D eigenvalue weighted by Gasteiger charge is -2.16. The Morgan fingerprint density at radius 2 is 2.08 bits per heavy atom. The SMILES string of the molecule is NC(c1ccco1)c1ncn(Cc2c(F)cccc2Cl)c2ncnc1-2. The Labute approximate surface area is 147 Å². The molecule has 2 N–H and O–H groups in total. The van der Waals surface area contributed by atoms with Crippen LogP contribution in [0.2, 0.25) is 5.02 Å². The highest BCUT2D eigenvalue weighted by Crippen LogP contribution is 2.29. The van der Waals surface area contributed by atoms with Crippen molar-refractivity contribution in [3.05, 3.63) is 77.1 Å². The molecule has 0 saturated carbocycles. The number of hydrogen-bond acceptors (Lipinski definition) is 5. The van der Waals surface area contributed by atoms with E-state index in [0.29, 0.717) is 33.6 Å². The van der Waals surface area contributed by atoms with Crippen molar-refractivity contribution in [2.45, 2.75) is 12.6 Å². The minimum Gasteiger partial charge on any atom is -0.467 e. The van der Waals surface area contributed by atoms with Crippen molar-refractivity contribution in [3.63, 3.8) is 0 Å². The van der Waals surface area contributed by atoms with Crippen molar-refractivity contribution < 1.29 is 8.81 Å². The molecule has 0 aliphatic carbocycles. The van der Waals surface area contributed by atoms with Crippen LogP contribution in [0, 0.1) is 5.82 Å². The topological polar surface area (TPSA) is 82.8 Å². The van der Waals surface area contributed by atoms with Crippen molar-refractivity contribution in [2.24, 2.45) is 5.73 Å². The molecule has 0 radical (unpaired) electrons. The van der Waals surface area contributed by atoms with Gasteiger partial charge < -0.3 is 14.7 Å². The molecule has 2 aliphatic heterocycles. The molecule has 8 heteroatoms. The Bertz CT molecular complexity index is 964. The third kappa shape index (κ3) is 2.77. The maximum absolute atomic E-state index is 14.1. The monoisotopic (exact) mass is 357 g/mol. The molecule has 2 aromatic rings. The van der Waals surface area contributed by atoms with E-state index in [1.165, 1.54) is 12.4 Å². The van der Waals surface area contributed by atoms with Gasteiger partial charge in [-0.15, -0.1) is 0 Å². The van der Waals surface area contributed by atoms with E-state index in [4.69, 9.17) is 21.8 Å². The first-order valence-corrected chi connectivity index (χ1v) is 7.90. The highest BCUT2D eigenvalue weighted by molar-refractivity contribution is 6.31. The Kier molecular flexibility index (Phi) is 3.95. The molecule has 3 heterocycles. The van der Waals surface area contributed by atoms with E-state index in [1.54, 1.807) is 41.4 Å². The van der Waals surface area contributed by atoms with Crippen LogP contribution in [0.15, 0.2) is 53.7 Å². The molecule has 0 bridgehead atoms. The number of hydrogen-bond donors (Lipinski definition) is 1. The first kappa shape index (κ1) is 15.7. The summed E-state index contributed by atoms with van der Waals surface area (Å²) in [5.41, 5.74) is 7.67. The maximum atomic E-state index is 14.1. The summed E-state index contributed by atoms with van der Waals surface area (Å²) in [7, 11) is 0. The highest BCUT2D eigenvalue weighted by Gasteiger charge is 2.24. The first-order valence-electron chi connectivity index (χ1n) is 7.52. The van der Waals surface area contributed by atoms with Gasteiger partial charge in [0.25, 0.3) is 0 Å². The normalized spacial score (nSPS) is 12.6. The maximum Gasteiger partial charge on any atom is 0.163 e. The van der Waals surface area contributed by atoms with Gasteiger partial charge in [0.15, 0.2) is 5.82 Å². The van der Waals surface area contributed by atoms with Gasteiger partial charge in [-0.2, -0.15) is 0 Å². The lowest BCUT2D eigenvalue weighted by Crippen LogP contribution is -2.18. The minimum atomic E-state index is -0.569. The molecule has 1 atom stereocenters. The number of halogens is 2. The standard InChI is InChI=1S/C17H13ClFN5O/c18-11-3-1-4-12(19)10(11)7-24-9-23-15(16-17(24)22-8-21-16)14(20)13-5-2-6-25-13/h1-6,8-9,14H,7,20H2. The van der Waals surface area contributed by atoms with Gasteiger partial charge in [0.1, 0.15) is 29.6 Å². The van der Waals surface area contributed by atoms with E-state index in [2.05, 4.69) is 15.0 Å². The van der Waals surface area contributed by atoms with Gasteiger partial charge in [0.05, 0.1) is 24.8 Å². The van der Waals surface area contributed by atoms with Crippen LogP contribution in [0.3, 0.4) is 0 Å². The van der Waals surface area contributed by atoms with Crippen LogP contribution in [0.4, 0.5) is 4.39 Å². The van der Waals surface area contributed by atoms with Crippen LogP contribution < -0.4 is 5.73 Å². The molecule has 4 rings (SSSR count). The van der Waals surface area contributed by atoms with E-state index in [-0.39, 0.29) is 12.4 Å². The van der Waals surface area contributed by atoms with Gasteiger partial charge in [-0.05, 0) is 24.3 Å². The van der Waals surface area contributed by atoms with Crippen LogP contribution in [0.25, 0.3) is 11.5 Å². The summed E-state index contributed by atoms with van der Waals surface area (Å²) in [5.74, 6) is 0.738. The van der Waals surface area contributed by atoms with E-state index in [9.17, 15) is 4.39 Å². The number of imidazole rings is 1. The van der Waals surface area contributed by atoms with Crippen LogP contribution >= 0.6 is 11.6 Å². The zero-order valence-corrected chi connectivity index (χ0v) is 13.7. The molecule has 25 heavy (non-hydrogen) atoms. The van der Waals surface area contributed by atoms with Crippen LogP contribution in [0.5, 0.6) is 0 Å². The fourth-order valence-electron chi connectivity index (χ4n) is 2.70. The summed E-state index contributed by atoms with van der Waals surface area (Å²) < 4.78 is 21.1. The Balaban J connectivity index is 1.75. The summed E-state index contributed by atoms with van der Waals surface area (Å²) in [6.07, 6.45) is 4.52. The molecule has 0 saturated heterocycles. The zero-order valence-electron chi connectivity index (χ0n) is 12.9. The lowest BCUT2D eigenvalue weighted by atomic mass is 10.1. The minimum absolute atomic E-state index is 0.184. The van der Waals surface area contributed by atoms with Gasteiger partial charge in [-0.1, -0.05) is 17.7 Å². The molecule has 0 spiro atoms. The van der Waals surface area contributed by atoms with Crippen LogP contribution in [-0.2, 0) is 6.54 Å². The zero-order chi connectivity index (χ0) is 17.4. The van der Waals surface area contributed by atoms with Gasteiger partial charge in [-0.3, -0.25) is 0 Å². The molecule has 0 amide bonds. The van der Waals surface area contributed by atoms with Gasteiger partial charge in [-0.25, -0.2) is 19.3 Å². The number of benzene rings is 1. The molecule has 126 valence electrons. The van der Waals surface area contributed by atoms with Crippen molar-refractivity contribution in [1.82, 2.24) is 19.5 Å². The molecule has 0 fully saturated rings. The largest absolute Gasteiger partial charge is 0.467 e. The van der Waals surface area contributed by atoms with E-state index in [1.807, 2.05) is 0 Å². The Morgan fingerprint density at radius 3 is 2.84 bits per heavy atom. The van der Waals surface area contributed by atoms with E-state index < -0.39 is 6.04 Å². The molecule has 6 nitrogen and oxygen atoms in total. The van der Waals surface area contributed by atoms with Crippen LogP contribution in [0.1, 0.15) is 23.1 Å². The van der Waals surface area contributed by atoms with Gasteiger partial charge in [0.2, 0.25) is 0 Å². The molecule has 1 aromatic heterocycles. The smallest absolute Gasteiger partial charge is 0.163 e. The average molecular weight is 358 g/mol. The quantitative estimate of drug-likeness (QED) is 0.606. The number of nitrogens with two attached hydrogens (primary N) is 1. The number of fused-ring (bicyclic) bond motifs is 1. The molecule has 1 aromatic carbocycles. The molecular weight excluding hydrogens is 345 g/mol. The predicted molar refractivity (Wildman–Crippen MR) is 89.7 cm³/mol. The number of furan rings is 1. The fourth-order valence-corrected chi connectivity index (χ4v) is 2.92. The van der Waals surface area contributed by atoms with Crippen molar-refractivity contribution in [3.8, 4) is 11.5 Å². The predicted octanol–water partition coefficient (Wildman–Crippen LogP) is 3.26. The summed E-state index contributed by atoms with van der Waals surface area (Å²) in [6.45, 7) is 0.184. The van der Waals surface area contributed by atoms with E-state index in [0.717, 1.165) is 0 Å². The third-order valence-corrected chi connectivity index (χ3v) is 4.32. The second-order valence-corrected chi connectivity index (χ2v) is 5.90. The highest BCUT2D eigenvalue weighted by atomic mass is 35.5. The summed E-state index contributed by atoms with van der Waals surface area (Å²) >= 11 is 6.11. The summed E-state index contributed by atoms with van der Waals surface area (Å²) in [5, 5.41) is 0.344.